The molecular formula is C17H22ClNO3S. The van der Waals surface area contributed by atoms with E-state index >= 15 is 0 Å². The van der Waals surface area contributed by atoms with Gasteiger partial charge in [-0.3, -0.25) is 4.79 Å². The third kappa shape index (κ3) is 4.21. The van der Waals surface area contributed by atoms with Crippen LogP contribution in [0.4, 0.5) is 0 Å². The number of benzene rings is 1. The Kier molecular flexibility index (Phi) is 6.78. The Hall–Kier alpha value is -1.20. The molecule has 0 aromatic heterocycles. The Morgan fingerprint density at radius 2 is 2.04 bits per heavy atom. The van der Waals surface area contributed by atoms with Gasteiger partial charge in [-0.2, -0.15) is 0 Å². The second-order valence-electron chi connectivity index (χ2n) is 5.44. The second-order valence-corrected chi connectivity index (χ2v) is 6.96. The van der Waals surface area contributed by atoms with Gasteiger partial charge >= 0.3 is 5.97 Å². The molecule has 2 atom stereocenters. The van der Waals surface area contributed by atoms with Crippen molar-refractivity contribution in [3.63, 3.8) is 0 Å². The second kappa shape index (κ2) is 8.60. The summed E-state index contributed by atoms with van der Waals surface area (Å²) in [5.41, 5.74) is 0.870. The number of carbonyl (C=O) groups excluding carboxylic acids is 2. The fourth-order valence-electron chi connectivity index (χ4n) is 2.55. The Labute approximate surface area is 146 Å². The lowest BCUT2D eigenvalue weighted by atomic mass is 10.1. The number of rotatable bonds is 6. The Morgan fingerprint density at radius 1 is 1.30 bits per heavy atom. The molecular weight excluding hydrogens is 334 g/mol. The maximum Gasteiger partial charge on any atom is 0.329 e. The lowest BCUT2D eigenvalue weighted by molar-refractivity contribution is -0.154. The zero-order valence-corrected chi connectivity index (χ0v) is 15.0. The number of halogens is 1. The van der Waals surface area contributed by atoms with Crippen LogP contribution in [0.1, 0.15) is 44.0 Å². The highest BCUT2D eigenvalue weighted by Crippen LogP contribution is 2.44. The smallest absolute Gasteiger partial charge is 0.329 e. The zero-order valence-electron chi connectivity index (χ0n) is 13.5. The summed E-state index contributed by atoms with van der Waals surface area (Å²) in [6.07, 6.45) is 1.92. The number of esters is 1. The van der Waals surface area contributed by atoms with Crippen LogP contribution in [0.15, 0.2) is 24.3 Å². The average molecular weight is 356 g/mol. The van der Waals surface area contributed by atoms with Crippen molar-refractivity contribution in [1.29, 1.82) is 0 Å². The average Bonchev–Trinajstić information content (AvgIpc) is 2.98. The van der Waals surface area contributed by atoms with Crippen LogP contribution in [-0.2, 0) is 14.3 Å². The third-order valence-corrected chi connectivity index (χ3v) is 5.29. The normalized spacial score (nSPS) is 20.6. The molecule has 1 saturated heterocycles. The first-order chi connectivity index (χ1) is 11.1. The fourth-order valence-corrected chi connectivity index (χ4v) is 4.32. The van der Waals surface area contributed by atoms with E-state index in [9.17, 15) is 9.59 Å². The van der Waals surface area contributed by atoms with Crippen LogP contribution in [-0.4, -0.2) is 35.2 Å². The molecule has 1 aromatic rings. The zero-order chi connectivity index (χ0) is 16.8. The van der Waals surface area contributed by atoms with Crippen molar-refractivity contribution in [3.05, 3.63) is 34.9 Å². The van der Waals surface area contributed by atoms with E-state index in [4.69, 9.17) is 16.3 Å². The number of thioether (sulfide) groups is 1. The minimum atomic E-state index is -0.535. The highest BCUT2D eigenvalue weighted by atomic mass is 35.5. The van der Waals surface area contributed by atoms with Crippen molar-refractivity contribution in [2.75, 3.05) is 12.4 Å². The number of carbonyl (C=O) groups is 2. The summed E-state index contributed by atoms with van der Waals surface area (Å²) in [6, 6.07) is 6.94. The molecule has 1 aliphatic heterocycles. The first-order valence-corrected chi connectivity index (χ1v) is 9.36. The van der Waals surface area contributed by atoms with Crippen LogP contribution in [0.25, 0.3) is 0 Å². The van der Waals surface area contributed by atoms with Gasteiger partial charge in [0.1, 0.15) is 11.4 Å². The quantitative estimate of drug-likeness (QED) is 0.722. The standard InChI is InChI=1S/C17H22ClNO3S/c1-3-7-15(20)19-14(17(21)22-10-4-2)11-23-16(19)12-8-5-6-9-13(12)18/h5-6,8-9,14,16H,3-4,7,10-11H2,1-2H3/t14-,16-/m1/s1. The summed E-state index contributed by atoms with van der Waals surface area (Å²) in [5, 5.41) is 0.379. The number of nitrogens with zero attached hydrogens (tertiary/aromatic N) is 1. The van der Waals surface area contributed by atoms with Crippen molar-refractivity contribution in [2.24, 2.45) is 0 Å². The summed E-state index contributed by atoms with van der Waals surface area (Å²) in [6.45, 7) is 4.28. The molecule has 2 rings (SSSR count). The van der Waals surface area contributed by atoms with E-state index in [-0.39, 0.29) is 17.3 Å². The van der Waals surface area contributed by atoms with Gasteiger partial charge in [-0.25, -0.2) is 4.79 Å². The van der Waals surface area contributed by atoms with Gasteiger partial charge in [-0.15, -0.1) is 11.8 Å². The monoisotopic (exact) mass is 355 g/mol. The van der Waals surface area contributed by atoms with Gasteiger partial charge in [0.05, 0.1) is 6.61 Å². The van der Waals surface area contributed by atoms with Crippen molar-refractivity contribution in [3.8, 4) is 0 Å². The van der Waals surface area contributed by atoms with E-state index in [0.29, 0.717) is 23.8 Å². The summed E-state index contributed by atoms with van der Waals surface area (Å²) in [7, 11) is 0. The summed E-state index contributed by atoms with van der Waals surface area (Å²) in [5.74, 6) is 0.188. The van der Waals surface area contributed by atoms with Crippen LogP contribution in [0.5, 0.6) is 0 Å². The van der Waals surface area contributed by atoms with Gasteiger partial charge < -0.3 is 9.64 Å². The molecule has 1 fully saturated rings. The predicted octanol–water partition coefficient (Wildman–Crippen LogP) is 4.04. The van der Waals surface area contributed by atoms with Crippen molar-refractivity contribution in [2.45, 2.75) is 44.5 Å². The molecule has 1 heterocycles. The molecule has 4 nitrogen and oxygen atoms in total. The molecule has 0 saturated carbocycles. The van der Waals surface area contributed by atoms with E-state index in [1.807, 2.05) is 38.1 Å². The summed E-state index contributed by atoms with van der Waals surface area (Å²) in [4.78, 5) is 26.6. The van der Waals surface area contributed by atoms with Crippen molar-refractivity contribution < 1.29 is 14.3 Å². The highest BCUT2D eigenvalue weighted by Gasteiger charge is 2.43. The van der Waals surface area contributed by atoms with Crippen LogP contribution >= 0.6 is 23.4 Å². The van der Waals surface area contributed by atoms with E-state index in [0.717, 1.165) is 18.4 Å². The molecule has 1 aromatic carbocycles. The van der Waals surface area contributed by atoms with Crippen LogP contribution < -0.4 is 0 Å². The number of hydrogen-bond acceptors (Lipinski definition) is 4. The number of hydrogen-bond donors (Lipinski definition) is 0. The van der Waals surface area contributed by atoms with Gasteiger partial charge in [0.2, 0.25) is 5.91 Å². The molecule has 0 spiro atoms. The van der Waals surface area contributed by atoms with Crippen LogP contribution in [0.3, 0.4) is 0 Å². The molecule has 6 heteroatoms. The van der Waals surface area contributed by atoms with Gasteiger partial charge in [0.25, 0.3) is 0 Å². The molecule has 0 bridgehead atoms. The van der Waals surface area contributed by atoms with Gasteiger partial charge in [-0.1, -0.05) is 43.6 Å². The van der Waals surface area contributed by atoms with Crippen LogP contribution in [0.2, 0.25) is 5.02 Å². The van der Waals surface area contributed by atoms with E-state index in [1.54, 1.807) is 16.7 Å². The highest BCUT2D eigenvalue weighted by molar-refractivity contribution is 7.99. The first-order valence-electron chi connectivity index (χ1n) is 7.94. The molecule has 0 unspecified atom stereocenters. The van der Waals surface area contributed by atoms with Gasteiger partial charge in [-0.05, 0) is 18.9 Å². The van der Waals surface area contributed by atoms with Gasteiger partial charge in [0, 0.05) is 22.8 Å². The Balaban J connectivity index is 2.27. The molecule has 23 heavy (non-hydrogen) atoms. The molecule has 0 aliphatic carbocycles. The lowest BCUT2D eigenvalue weighted by Gasteiger charge is -2.29. The summed E-state index contributed by atoms with van der Waals surface area (Å²) >= 11 is 7.86. The van der Waals surface area contributed by atoms with Gasteiger partial charge in [0.15, 0.2) is 0 Å². The van der Waals surface area contributed by atoms with E-state index in [1.165, 1.54) is 0 Å². The van der Waals surface area contributed by atoms with E-state index in [2.05, 4.69) is 0 Å². The fraction of sp³-hybridized carbons (Fsp3) is 0.529. The minimum Gasteiger partial charge on any atom is -0.464 e. The SMILES string of the molecule is CCCOC(=O)[C@H]1CS[C@H](c2ccccc2Cl)N1C(=O)CCC. The van der Waals surface area contributed by atoms with Crippen molar-refractivity contribution in [1.82, 2.24) is 4.90 Å². The first kappa shape index (κ1) is 18.1. The molecule has 126 valence electrons. The number of amides is 1. The molecule has 0 radical (unpaired) electrons. The Morgan fingerprint density at radius 3 is 2.70 bits per heavy atom. The maximum absolute atomic E-state index is 12.6. The maximum atomic E-state index is 12.6. The molecule has 0 N–H and O–H groups in total. The Bertz CT molecular complexity index is 567. The van der Waals surface area contributed by atoms with Crippen molar-refractivity contribution >= 4 is 35.2 Å². The molecule has 1 aliphatic rings. The summed E-state index contributed by atoms with van der Waals surface area (Å²) < 4.78 is 5.27. The lowest BCUT2D eigenvalue weighted by Crippen LogP contribution is -2.43. The third-order valence-electron chi connectivity index (χ3n) is 3.64. The number of ether oxygens (including phenoxy) is 1. The van der Waals surface area contributed by atoms with E-state index < -0.39 is 6.04 Å². The predicted molar refractivity (Wildman–Crippen MR) is 93.4 cm³/mol. The minimum absolute atomic E-state index is 0.0270. The van der Waals surface area contributed by atoms with Crippen LogP contribution in [0, 0.1) is 0 Å². The topological polar surface area (TPSA) is 46.6 Å². The largest absolute Gasteiger partial charge is 0.464 e. The molecule has 1 amide bonds.